The minimum atomic E-state index is 0.478. The van der Waals surface area contributed by atoms with Gasteiger partial charge in [0, 0.05) is 26.3 Å². The van der Waals surface area contributed by atoms with Gasteiger partial charge in [-0.25, -0.2) is 0 Å². The molecule has 2 aliphatic rings. The SMILES string of the molecule is COCCC(C)C1(CNC2CC2)CCC(C(C)(C)C)CC1. The molecule has 124 valence electrons. The van der Waals surface area contributed by atoms with Gasteiger partial charge in [0.1, 0.15) is 0 Å². The first-order valence-electron chi connectivity index (χ1n) is 9.10. The summed E-state index contributed by atoms with van der Waals surface area (Å²) in [7, 11) is 1.83. The molecule has 2 aliphatic carbocycles. The van der Waals surface area contributed by atoms with Gasteiger partial charge in [-0.3, -0.25) is 0 Å². The zero-order valence-corrected chi connectivity index (χ0v) is 15.0. The number of rotatable bonds is 7. The van der Waals surface area contributed by atoms with E-state index in [1.54, 1.807) is 0 Å². The van der Waals surface area contributed by atoms with Crippen LogP contribution in [-0.2, 0) is 4.74 Å². The topological polar surface area (TPSA) is 21.3 Å². The molecule has 0 heterocycles. The summed E-state index contributed by atoms with van der Waals surface area (Å²) in [4.78, 5) is 0. The zero-order valence-electron chi connectivity index (χ0n) is 15.0. The van der Waals surface area contributed by atoms with Gasteiger partial charge in [-0.15, -0.1) is 0 Å². The Hall–Kier alpha value is -0.0800. The molecule has 0 aliphatic heterocycles. The van der Waals surface area contributed by atoms with E-state index >= 15 is 0 Å². The summed E-state index contributed by atoms with van der Waals surface area (Å²) in [5, 5.41) is 3.84. The van der Waals surface area contributed by atoms with Gasteiger partial charge in [0.2, 0.25) is 0 Å². The van der Waals surface area contributed by atoms with Gasteiger partial charge >= 0.3 is 0 Å². The maximum Gasteiger partial charge on any atom is 0.0465 e. The average molecular weight is 296 g/mol. The Labute approximate surface area is 132 Å². The number of hydrogen-bond acceptors (Lipinski definition) is 2. The van der Waals surface area contributed by atoms with Crippen LogP contribution in [0.1, 0.15) is 72.6 Å². The second kappa shape index (κ2) is 7.00. The molecule has 2 heteroatoms. The summed E-state index contributed by atoms with van der Waals surface area (Å²) in [5.41, 5.74) is 0.995. The third kappa shape index (κ3) is 4.69. The molecule has 1 N–H and O–H groups in total. The average Bonchev–Trinajstić information content (AvgIpc) is 3.26. The summed E-state index contributed by atoms with van der Waals surface area (Å²) >= 11 is 0. The highest BCUT2D eigenvalue weighted by Crippen LogP contribution is 2.49. The van der Waals surface area contributed by atoms with Crippen molar-refractivity contribution >= 4 is 0 Å². The Kier molecular flexibility index (Phi) is 5.76. The first-order valence-corrected chi connectivity index (χ1v) is 9.10. The fraction of sp³-hybridized carbons (Fsp3) is 1.00. The van der Waals surface area contributed by atoms with E-state index in [4.69, 9.17) is 4.74 Å². The fourth-order valence-electron chi connectivity index (χ4n) is 4.14. The van der Waals surface area contributed by atoms with E-state index in [0.717, 1.165) is 24.5 Å². The molecule has 0 bridgehead atoms. The zero-order chi connectivity index (χ0) is 15.5. The van der Waals surface area contributed by atoms with Crippen molar-refractivity contribution in [3.05, 3.63) is 0 Å². The van der Waals surface area contributed by atoms with E-state index in [0.29, 0.717) is 10.8 Å². The molecule has 2 rings (SSSR count). The summed E-state index contributed by atoms with van der Waals surface area (Å²) in [6.45, 7) is 11.9. The molecule has 0 aromatic rings. The maximum atomic E-state index is 5.34. The van der Waals surface area contributed by atoms with Crippen LogP contribution in [-0.4, -0.2) is 26.3 Å². The van der Waals surface area contributed by atoms with Crippen molar-refractivity contribution in [2.24, 2.45) is 22.7 Å². The van der Waals surface area contributed by atoms with Gasteiger partial charge in [-0.2, -0.15) is 0 Å². The van der Waals surface area contributed by atoms with Crippen LogP contribution in [0.2, 0.25) is 0 Å². The quantitative estimate of drug-likeness (QED) is 0.739. The number of hydrogen-bond donors (Lipinski definition) is 1. The molecular formula is C19H37NO. The Morgan fingerprint density at radius 1 is 1.14 bits per heavy atom. The van der Waals surface area contributed by atoms with Crippen LogP contribution >= 0.6 is 0 Å². The molecular weight excluding hydrogens is 258 g/mol. The van der Waals surface area contributed by atoms with Crippen molar-refractivity contribution in [2.45, 2.75) is 78.7 Å². The number of methoxy groups -OCH3 is 1. The molecule has 0 saturated heterocycles. The summed E-state index contributed by atoms with van der Waals surface area (Å²) in [5.74, 6) is 1.67. The van der Waals surface area contributed by atoms with Crippen LogP contribution in [0.25, 0.3) is 0 Å². The van der Waals surface area contributed by atoms with Crippen LogP contribution < -0.4 is 5.32 Å². The first-order chi connectivity index (χ1) is 9.87. The first kappa shape index (κ1) is 17.3. The molecule has 1 unspecified atom stereocenters. The highest BCUT2D eigenvalue weighted by atomic mass is 16.5. The fourth-order valence-corrected chi connectivity index (χ4v) is 4.14. The minimum absolute atomic E-state index is 0.478. The van der Waals surface area contributed by atoms with Gasteiger partial charge in [0.05, 0.1) is 0 Å². The van der Waals surface area contributed by atoms with Crippen molar-refractivity contribution in [2.75, 3.05) is 20.3 Å². The lowest BCUT2D eigenvalue weighted by Gasteiger charge is -2.47. The summed E-state index contributed by atoms with van der Waals surface area (Å²) in [6.07, 6.45) is 9.63. The van der Waals surface area contributed by atoms with Crippen LogP contribution in [0.15, 0.2) is 0 Å². The molecule has 0 aromatic heterocycles. The van der Waals surface area contributed by atoms with Gasteiger partial charge < -0.3 is 10.1 Å². The third-order valence-corrected chi connectivity index (χ3v) is 6.33. The van der Waals surface area contributed by atoms with Crippen molar-refractivity contribution < 1.29 is 4.74 Å². The van der Waals surface area contributed by atoms with Gasteiger partial charge in [-0.05, 0) is 67.6 Å². The molecule has 1 atom stereocenters. The minimum Gasteiger partial charge on any atom is -0.385 e. The van der Waals surface area contributed by atoms with E-state index in [9.17, 15) is 0 Å². The van der Waals surface area contributed by atoms with Gasteiger partial charge in [-0.1, -0.05) is 27.7 Å². The molecule has 2 fully saturated rings. The lowest BCUT2D eigenvalue weighted by Crippen LogP contribution is -2.44. The Morgan fingerprint density at radius 3 is 2.24 bits per heavy atom. The lowest BCUT2D eigenvalue weighted by molar-refractivity contribution is 0.0308. The third-order valence-electron chi connectivity index (χ3n) is 6.33. The van der Waals surface area contributed by atoms with E-state index < -0.39 is 0 Å². The second-order valence-electron chi connectivity index (χ2n) is 8.84. The molecule has 2 saturated carbocycles. The van der Waals surface area contributed by atoms with E-state index in [-0.39, 0.29) is 0 Å². The van der Waals surface area contributed by atoms with Crippen molar-refractivity contribution in [3.63, 3.8) is 0 Å². The van der Waals surface area contributed by atoms with Crippen LogP contribution in [0.5, 0.6) is 0 Å². The molecule has 2 nitrogen and oxygen atoms in total. The Morgan fingerprint density at radius 2 is 1.76 bits per heavy atom. The highest BCUT2D eigenvalue weighted by Gasteiger charge is 2.42. The highest BCUT2D eigenvalue weighted by molar-refractivity contribution is 4.95. The van der Waals surface area contributed by atoms with E-state index in [1.807, 2.05) is 7.11 Å². The maximum absolute atomic E-state index is 5.34. The molecule has 0 aromatic carbocycles. The molecule has 0 spiro atoms. The van der Waals surface area contributed by atoms with E-state index in [2.05, 4.69) is 33.0 Å². The van der Waals surface area contributed by atoms with Crippen LogP contribution in [0.3, 0.4) is 0 Å². The number of nitrogens with one attached hydrogen (secondary N) is 1. The Bertz CT molecular complexity index is 308. The van der Waals surface area contributed by atoms with Gasteiger partial charge in [0.25, 0.3) is 0 Å². The lowest BCUT2D eigenvalue weighted by atomic mass is 9.59. The van der Waals surface area contributed by atoms with Crippen molar-refractivity contribution in [3.8, 4) is 0 Å². The summed E-state index contributed by atoms with van der Waals surface area (Å²) in [6, 6.07) is 0.830. The molecule has 21 heavy (non-hydrogen) atoms. The second-order valence-corrected chi connectivity index (χ2v) is 8.84. The van der Waals surface area contributed by atoms with Crippen molar-refractivity contribution in [1.29, 1.82) is 0 Å². The standard InChI is InChI=1S/C19H37NO/c1-15(10-13-21-5)19(14-20-17-6-7-17)11-8-16(9-12-19)18(2,3)4/h15-17,20H,6-14H2,1-5H3. The van der Waals surface area contributed by atoms with Gasteiger partial charge in [0.15, 0.2) is 0 Å². The number of ether oxygens (including phenoxy) is 1. The predicted molar refractivity (Wildman–Crippen MR) is 90.5 cm³/mol. The van der Waals surface area contributed by atoms with Crippen LogP contribution in [0.4, 0.5) is 0 Å². The largest absolute Gasteiger partial charge is 0.385 e. The predicted octanol–water partition coefficient (Wildman–Crippen LogP) is 4.63. The Balaban J connectivity index is 1.95. The van der Waals surface area contributed by atoms with Crippen LogP contribution in [0, 0.1) is 22.7 Å². The monoisotopic (exact) mass is 295 g/mol. The smallest absolute Gasteiger partial charge is 0.0465 e. The van der Waals surface area contributed by atoms with Crippen molar-refractivity contribution in [1.82, 2.24) is 5.32 Å². The molecule has 0 radical (unpaired) electrons. The van der Waals surface area contributed by atoms with E-state index in [1.165, 1.54) is 51.5 Å². The molecule has 0 amide bonds. The summed E-state index contributed by atoms with van der Waals surface area (Å²) < 4.78 is 5.34. The normalized spacial score (nSPS) is 32.1.